The highest BCUT2D eigenvalue weighted by Crippen LogP contribution is 2.18. The van der Waals surface area contributed by atoms with E-state index in [0.29, 0.717) is 19.8 Å². The van der Waals surface area contributed by atoms with Crippen molar-refractivity contribution in [2.75, 3.05) is 26.8 Å². The van der Waals surface area contributed by atoms with Crippen LogP contribution < -0.4 is 4.74 Å². The van der Waals surface area contributed by atoms with Gasteiger partial charge in [-0.05, 0) is 6.07 Å². The van der Waals surface area contributed by atoms with Crippen LogP contribution in [0, 0.1) is 0 Å². The summed E-state index contributed by atoms with van der Waals surface area (Å²) in [6.45, 7) is 3.96. The van der Waals surface area contributed by atoms with E-state index in [1.807, 2.05) is 36.7 Å². The summed E-state index contributed by atoms with van der Waals surface area (Å²) in [5.41, 5.74) is 0.988. The third-order valence-electron chi connectivity index (χ3n) is 4.05. The van der Waals surface area contributed by atoms with Gasteiger partial charge >= 0.3 is 0 Å². The van der Waals surface area contributed by atoms with Crippen molar-refractivity contribution in [1.82, 2.24) is 14.5 Å². The third-order valence-corrected chi connectivity index (χ3v) is 4.05. The van der Waals surface area contributed by atoms with Crippen molar-refractivity contribution in [3.05, 3.63) is 48.0 Å². The second-order valence-corrected chi connectivity index (χ2v) is 5.75. The monoisotopic (exact) mass is 317 g/mol. The molecule has 0 fully saturated rings. The predicted octanol–water partition coefficient (Wildman–Crippen LogP) is 1.28. The summed E-state index contributed by atoms with van der Waals surface area (Å²) in [4.78, 5) is 6.54. The van der Waals surface area contributed by atoms with Gasteiger partial charge < -0.3 is 19.1 Å². The molecule has 2 aromatic rings. The molecule has 0 unspecified atom stereocenters. The Kier molecular flexibility index (Phi) is 5.27. The quantitative estimate of drug-likeness (QED) is 0.834. The van der Waals surface area contributed by atoms with Crippen molar-refractivity contribution in [2.45, 2.75) is 25.8 Å². The highest BCUT2D eigenvalue weighted by molar-refractivity contribution is 5.32. The van der Waals surface area contributed by atoms with E-state index in [2.05, 4.69) is 14.5 Å². The topological polar surface area (TPSA) is 59.8 Å². The Hall–Kier alpha value is -1.89. The van der Waals surface area contributed by atoms with Gasteiger partial charge in [0.1, 0.15) is 11.6 Å². The van der Waals surface area contributed by atoms with E-state index in [1.165, 1.54) is 0 Å². The Morgan fingerprint density at radius 3 is 3.04 bits per heavy atom. The van der Waals surface area contributed by atoms with E-state index in [9.17, 15) is 5.11 Å². The molecule has 6 nitrogen and oxygen atoms in total. The van der Waals surface area contributed by atoms with Gasteiger partial charge in [0.15, 0.2) is 0 Å². The van der Waals surface area contributed by atoms with Crippen molar-refractivity contribution < 1.29 is 14.6 Å². The molecule has 0 saturated heterocycles. The molecule has 0 aliphatic carbocycles. The largest absolute Gasteiger partial charge is 0.496 e. The zero-order chi connectivity index (χ0) is 16.1. The number of hydrogen-bond acceptors (Lipinski definition) is 5. The molecule has 23 heavy (non-hydrogen) atoms. The number of aromatic nitrogens is 2. The fourth-order valence-corrected chi connectivity index (χ4v) is 2.86. The van der Waals surface area contributed by atoms with Crippen LogP contribution in [0.25, 0.3) is 0 Å². The van der Waals surface area contributed by atoms with Crippen molar-refractivity contribution in [3.8, 4) is 5.75 Å². The summed E-state index contributed by atoms with van der Waals surface area (Å²) in [6.07, 6.45) is 3.32. The Morgan fingerprint density at radius 1 is 1.30 bits per heavy atom. The van der Waals surface area contributed by atoms with Crippen molar-refractivity contribution in [2.24, 2.45) is 0 Å². The lowest BCUT2D eigenvalue weighted by Gasteiger charge is -2.29. The van der Waals surface area contributed by atoms with Crippen LogP contribution in [0.5, 0.6) is 5.75 Å². The molecule has 1 N–H and O–H groups in total. The minimum Gasteiger partial charge on any atom is -0.496 e. The first-order chi connectivity index (χ1) is 11.3. The SMILES string of the molecule is COc1ccccc1COC[C@H](O)CN1CCn2ccnc2C1. The zero-order valence-corrected chi connectivity index (χ0v) is 13.4. The van der Waals surface area contributed by atoms with Gasteiger partial charge in [0.05, 0.1) is 33.0 Å². The second kappa shape index (κ2) is 7.59. The number of rotatable bonds is 7. The number of para-hydroxylation sites is 1. The molecule has 1 atom stereocenters. The Morgan fingerprint density at radius 2 is 2.17 bits per heavy atom. The lowest BCUT2D eigenvalue weighted by Crippen LogP contribution is -2.40. The standard InChI is InChI=1S/C17H23N3O3/c1-22-16-5-3-2-4-14(16)12-23-13-15(21)10-19-8-9-20-7-6-18-17(20)11-19/h2-7,15,21H,8-13H2,1H3/t15-/m1/s1. The summed E-state index contributed by atoms with van der Waals surface area (Å²) >= 11 is 0. The summed E-state index contributed by atoms with van der Waals surface area (Å²) in [7, 11) is 1.65. The van der Waals surface area contributed by atoms with Crippen LogP contribution in [-0.2, 0) is 24.4 Å². The highest BCUT2D eigenvalue weighted by Gasteiger charge is 2.19. The lowest BCUT2D eigenvalue weighted by atomic mass is 10.2. The fraction of sp³-hybridized carbons (Fsp3) is 0.471. The number of aliphatic hydroxyl groups excluding tert-OH is 1. The molecular formula is C17H23N3O3. The molecule has 0 radical (unpaired) electrons. The van der Waals surface area contributed by atoms with Gasteiger partial charge in [0, 0.05) is 37.6 Å². The van der Waals surface area contributed by atoms with Gasteiger partial charge in [-0.1, -0.05) is 18.2 Å². The van der Waals surface area contributed by atoms with Crippen LogP contribution in [0.3, 0.4) is 0 Å². The Balaban J connectivity index is 1.42. The first-order valence-corrected chi connectivity index (χ1v) is 7.86. The number of aliphatic hydroxyl groups is 1. The maximum absolute atomic E-state index is 10.2. The van der Waals surface area contributed by atoms with Crippen LogP contribution in [0.2, 0.25) is 0 Å². The minimum absolute atomic E-state index is 0.309. The van der Waals surface area contributed by atoms with E-state index in [4.69, 9.17) is 9.47 Å². The molecule has 1 aliphatic heterocycles. The van der Waals surface area contributed by atoms with E-state index in [1.54, 1.807) is 7.11 Å². The van der Waals surface area contributed by atoms with Gasteiger partial charge in [0.2, 0.25) is 0 Å². The second-order valence-electron chi connectivity index (χ2n) is 5.75. The number of imidazole rings is 1. The molecule has 0 spiro atoms. The smallest absolute Gasteiger partial charge is 0.124 e. The van der Waals surface area contributed by atoms with Crippen LogP contribution >= 0.6 is 0 Å². The number of nitrogens with zero attached hydrogens (tertiary/aromatic N) is 3. The number of ether oxygens (including phenoxy) is 2. The molecule has 2 heterocycles. The average molecular weight is 317 g/mol. The molecule has 1 aromatic heterocycles. The molecular weight excluding hydrogens is 294 g/mol. The van der Waals surface area contributed by atoms with Crippen LogP contribution in [-0.4, -0.2) is 52.5 Å². The zero-order valence-electron chi connectivity index (χ0n) is 13.4. The van der Waals surface area contributed by atoms with Gasteiger partial charge in [-0.2, -0.15) is 0 Å². The van der Waals surface area contributed by atoms with E-state index < -0.39 is 6.10 Å². The molecule has 0 bridgehead atoms. The van der Waals surface area contributed by atoms with Crippen LogP contribution in [0.4, 0.5) is 0 Å². The summed E-state index contributed by atoms with van der Waals surface area (Å²) in [6, 6.07) is 7.76. The molecule has 0 saturated carbocycles. The maximum atomic E-state index is 10.2. The summed E-state index contributed by atoms with van der Waals surface area (Å²) < 4.78 is 13.1. The van der Waals surface area contributed by atoms with Gasteiger partial charge in [-0.3, -0.25) is 4.90 Å². The Labute approximate surface area is 136 Å². The number of methoxy groups -OCH3 is 1. The van der Waals surface area contributed by atoms with E-state index in [-0.39, 0.29) is 0 Å². The van der Waals surface area contributed by atoms with Gasteiger partial charge in [-0.25, -0.2) is 4.98 Å². The van der Waals surface area contributed by atoms with E-state index >= 15 is 0 Å². The Bertz CT molecular complexity index is 629. The molecule has 3 rings (SSSR count). The first kappa shape index (κ1) is 16.0. The molecule has 124 valence electrons. The van der Waals surface area contributed by atoms with E-state index in [0.717, 1.165) is 36.8 Å². The highest BCUT2D eigenvalue weighted by atomic mass is 16.5. The predicted molar refractivity (Wildman–Crippen MR) is 86.2 cm³/mol. The van der Waals surface area contributed by atoms with Crippen LogP contribution in [0.1, 0.15) is 11.4 Å². The molecule has 0 amide bonds. The lowest BCUT2D eigenvalue weighted by molar-refractivity contribution is 0.00497. The number of benzene rings is 1. The number of fused-ring (bicyclic) bond motifs is 1. The average Bonchev–Trinajstić information content (AvgIpc) is 3.03. The molecule has 6 heteroatoms. The fourth-order valence-electron chi connectivity index (χ4n) is 2.86. The van der Waals surface area contributed by atoms with Crippen molar-refractivity contribution >= 4 is 0 Å². The third kappa shape index (κ3) is 4.10. The van der Waals surface area contributed by atoms with Gasteiger partial charge in [0.25, 0.3) is 0 Å². The van der Waals surface area contributed by atoms with Gasteiger partial charge in [-0.15, -0.1) is 0 Å². The summed E-state index contributed by atoms with van der Waals surface area (Å²) in [5.74, 6) is 1.86. The number of β-amino-alcohol motifs (C(OH)–C–C–N with tert-alkyl or cyclic N) is 1. The van der Waals surface area contributed by atoms with Crippen molar-refractivity contribution in [3.63, 3.8) is 0 Å². The minimum atomic E-state index is -0.508. The first-order valence-electron chi connectivity index (χ1n) is 7.86. The van der Waals surface area contributed by atoms with Crippen LogP contribution in [0.15, 0.2) is 36.7 Å². The maximum Gasteiger partial charge on any atom is 0.124 e. The number of hydrogen-bond donors (Lipinski definition) is 1. The molecule has 1 aromatic carbocycles. The van der Waals surface area contributed by atoms with Crippen molar-refractivity contribution in [1.29, 1.82) is 0 Å². The summed E-state index contributed by atoms with van der Waals surface area (Å²) in [5, 5.41) is 10.2. The normalized spacial score (nSPS) is 16.1. The molecule has 1 aliphatic rings.